The average Bonchev–Trinajstić information content (AvgIpc) is 2.38. The largest absolute Gasteiger partial charge is 0.367 e. The fraction of sp³-hybridized carbons (Fsp3) is 0.250. The zero-order chi connectivity index (χ0) is 7.40. The lowest BCUT2D eigenvalue weighted by Gasteiger charge is -1.97. The molecule has 0 atom stereocenters. The second-order valence-electron chi connectivity index (χ2n) is 2.24. The van der Waals surface area contributed by atoms with Gasteiger partial charge >= 0.3 is 0 Å². The Labute approximate surface area is 60.8 Å². The van der Waals surface area contributed by atoms with Crippen molar-refractivity contribution in [3.8, 4) is 0 Å². The molecule has 0 aliphatic rings. The predicted molar refractivity (Wildman–Crippen MR) is 43.5 cm³/mol. The highest BCUT2D eigenvalue weighted by molar-refractivity contribution is 5.62. The predicted octanol–water partition coefficient (Wildman–Crippen LogP) is 1.38. The topological polar surface area (TPSA) is 41.8 Å². The molecule has 2 nitrogen and oxygen atoms in total. The van der Waals surface area contributed by atoms with Crippen LogP contribution in [0.2, 0.25) is 0 Å². The second-order valence-corrected chi connectivity index (χ2v) is 2.24. The molecule has 0 spiro atoms. The third-order valence-electron chi connectivity index (χ3n) is 1.45. The normalized spacial score (nSPS) is 9.70. The highest BCUT2D eigenvalue weighted by Gasteiger charge is 1.95. The van der Waals surface area contributed by atoms with Crippen molar-refractivity contribution in [3.63, 3.8) is 0 Å². The number of H-pyrrole nitrogens is 1. The minimum absolute atomic E-state index is 0.671. The van der Waals surface area contributed by atoms with E-state index in [1.807, 2.05) is 18.5 Å². The first-order chi connectivity index (χ1) is 4.84. The van der Waals surface area contributed by atoms with Crippen molar-refractivity contribution >= 4 is 5.57 Å². The lowest BCUT2D eigenvalue weighted by Crippen LogP contribution is -1.98. The maximum atomic E-state index is 5.36. The molecule has 0 unspecified atom stereocenters. The van der Waals surface area contributed by atoms with Crippen LogP contribution in [0.1, 0.15) is 12.0 Å². The second kappa shape index (κ2) is 3.22. The van der Waals surface area contributed by atoms with Gasteiger partial charge in [-0.25, -0.2) is 0 Å². The zero-order valence-corrected chi connectivity index (χ0v) is 5.93. The number of hydrogen-bond acceptors (Lipinski definition) is 1. The molecule has 2 heteroatoms. The quantitative estimate of drug-likeness (QED) is 0.647. The highest BCUT2D eigenvalue weighted by atomic mass is 14.6. The Kier molecular flexibility index (Phi) is 2.29. The molecule has 1 aromatic rings. The van der Waals surface area contributed by atoms with Gasteiger partial charge in [0.05, 0.1) is 0 Å². The first-order valence-electron chi connectivity index (χ1n) is 3.35. The van der Waals surface area contributed by atoms with Gasteiger partial charge in [0.2, 0.25) is 0 Å². The van der Waals surface area contributed by atoms with Gasteiger partial charge in [-0.3, -0.25) is 0 Å². The van der Waals surface area contributed by atoms with E-state index in [1.54, 1.807) is 0 Å². The molecule has 0 aliphatic heterocycles. The van der Waals surface area contributed by atoms with Crippen molar-refractivity contribution < 1.29 is 0 Å². The summed E-state index contributed by atoms with van der Waals surface area (Å²) in [6.45, 7) is 4.56. The number of rotatable bonds is 3. The number of hydrogen-bond donors (Lipinski definition) is 2. The Hall–Kier alpha value is -1.02. The third-order valence-corrected chi connectivity index (χ3v) is 1.45. The van der Waals surface area contributed by atoms with Gasteiger partial charge in [0.1, 0.15) is 0 Å². The minimum atomic E-state index is 0.671. The van der Waals surface area contributed by atoms with Crippen molar-refractivity contribution in [3.05, 3.63) is 30.6 Å². The van der Waals surface area contributed by atoms with Crippen molar-refractivity contribution in [2.24, 2.45) is 5.73 Å². The maximum Gasteiger partial charge on any atom is 0.00806 e. The summed E-state index contributed by atoms with van der Waals surface area (Å²) in [5.41, 5.74) is 7.62. The summed E-state index contributed by atoms with van der Waals surface area (Å²) in [7, 11) is 0. The molecule has 0 radical (unpaired) electrons. The molecule has 0 aromatic carbocycles. The van der Waals surface area contributed by atoms with Gasteiger partial charge in [-0.2, -0.15) is 0 Å². The molecule has 1 heterocycles. The van der Waals surface area contributed by atoms with Crippen LogP contribution in [0.3, 0.4) is 0 Å². The Morgan fingerprint density at radius 2 is 2.50 bits per heavy atom. The number of nitrogens with one attached hydrogen (secondary N) is 1. The van der Waals surface area contributed by atoms with Crippen LogP contribution >= 0.6 is 0 Å². The summed E-state index contributed by atoms with van der Waals surface area (Å²) in [6.07, 6.45) is 4.69. The van der Waals surface area contributed by atoms with Crippen LogP contribution in [0.5, 0.6) is 0 Å². The Balaban J connectivity index is 2.59. The Morgan fingerprint density at radius 3 is 3.00 bits per heavy atom. The summed E-state index contributed by atoms with van der Waals surface area (Å²) in [5.74, 6) is 0. The van der Waals surface area contributed by atoms with E-state index in [0.717, 1.165) is 17.6 Å². The maximum absolute atomic E-state index is 5.36. The first-order valence-corrected chi connectivity index (χ1v) is 3.35. The zero-order valence-electron chi connectivity index (χ0n) is 5.93. The summed E-state index contributed by atoms with van der Waals surface area (Å²) < 4.78 is 0. The molecule has 0 saturated carbocycles. The van der Waals surface area contributed by atoms with Gasteiger partial charge in [0.15, 0.2) is 0 Å². The van der Waals surface area contributed by atoms with Gasteiger partial charge in [0, 0.05) is 12.4 Å². The van der Waals surface area contributed by atoms with Gasteiger partial charge in [0.25, 0.3) is 0 Å². The van der Waals surface area contributed by atoms with E-state index >= 15 is 0 Å². The number of aromatic amines is 1. The standard InChI is InChI=1S/C8H12N2/c1-7(2-4-9)8-3-5-10-6-8/h3,5-6,10H,1-2,4,9H2. The van der Waals surface area contributed by atoms with Crippen LogP contribution in [0, 0.1) is 0 Å². The summed E-state index contributed by atoms with van der Waals surface area (Å²) in [5, 5.41) is 0. The van der Waals surface area contributed by atoms with Crippen LogP contribution < -0.4 is 5.73 Å². The van der Waals surface area contributed by atoms with Gasteiger partial charge in [-0.15, -0.1) is 0 Å². The molecule has 1 rings (SSSR count). The molecular weight excluding hydrogens is 124 g/mol. The molecule has 0 aliphatic carbocycles. The average molecular weight is 136 g/mol. The number of aromatic nitrogens is 1. The minimum Gasteiger partial charge on any atom is -0.367 e. The van der Waals surface area contributed by atoms with Crippen LogP contribution in [-0.2, 0) is 0 Å². The van der Waals surface area contributed by atoms with E-state index in [1.165, 1.54) is 0 Å². The molecule has 1 aromatic heterocycles. The Morgan fingerprint density at radius 1 is 1.70 bits per heavy atom. The molecule has 10 heavy (non-hydrogen) atoms. The van der Waals surface area contributed by atoms with E-state index < -0.39 is 0 Å². The van der Waals surface area contributed by atoms with Gasteiger partial charge in [-0.05, 0) is 30.2 Å². The van der Waals surface area contributed by atoms with Crippen molar-refractivity contribution in [2.45, 2.75) is 6.42 Å². The Bertz CT molecular complexity index is 199. The fourth-order valence-electron chi connectivity index (χ4n) is 0.862. The lowest BCUT2D eigenvalue weighted by molar-refractivity contribution is 1.02. The highest BCUT2D eigenvalue weighted by Crippen LogP contribution is 2.13. The van der Waals surface area contributed by atoms with E-state index in [-0.39, 0.29) is 0 Å². The van der Waals surface area contributed by atoms with Gasteiger partial charge in [-0.1, -0.05) is 6.58 Å². The van der Waals surface area contributed by atoms with E-state index in [4.69, 9.17) is 5.73 Å². The van der Waals surface area contributed by atoms with E-state index in [9.17, 15) is 0 Å². The summed E-state index contributed by atoms with van der Waals surface area (Å²) in [4.78, 5) is 2.97. The van der Waals surface area contributed by atoms with E-state index in [2.05, 4.69) is 11.6 Å². The van der Waals surface area contributed by atoms with Crippen LogP contribution in [-0.4, -0.2) is 11.5 Å². The lowest BCUT2D eigenvalue weighted by atomic mass is 10.1. The van der Waals surface area contributed by atoms with Gasteiger partial charge < -0.3 is 10.7 Å². The number of nitrogens with two attached hydrogens (primary N) is 1. The molecule has 0 bridgehead atoms. The van der Waals surface area contributed by atoms with Crippen molar-refractivity contribution in [1.29, 1.82) is 0 Å². The molecule has 0 saturated heterocycles. The molecule has 0 amide bonds. The SMILES string of the molecule is C=C(CCN)c1cc[nH]c1. The molecule has 0 fully saturated rings. The van der Waals surface area contributed by atoms with Crippen LogP contribution in [0.4, 0.5) is 0 Å². The van der Waals surface area contributed by atoms with Crippen molar-refractivity contribution in [1.82, 2.24) is 4.98 Å². The smallest absolute Gasteiger partial charge is 0.00806 e. The molecule has 3 N–H and O–H groups in total. The summed E-state index contributed by atoms with van der Waals surface area (Å²) in [6, 6.07) is 2.00. The van der Waals surface area contributed by atoms with Crippen LogP contribution in [0.15, 0.2) is 25.0 Å². The van der Waals surface area contributed by atoms with Crippen molar-refractivity contribution in [2.75, 3.05) is 6.54 Å². The fourth-order valence-corrected chi connectivity index (χ4v) is 0.862. The van der Waals surface area contributed by atoms with E-state index in [0.29, 0.717) is 6.54 Å². The first kappa shape index (κ1) is 7.09. The van der Waals surface area contributed by atoms with Crippen LogP contribution in [0.25, 0.3) is 5.57 Å². The molecular formula is C8H12N2. The molecule has 54 valence electrons. The summed E-state index contributed by atoms with van der Waals surface area (Å²) >= 11 is 0. The third kappa shape index (κ3) is 1.48. The monoisotopic (exact) mass is 136 g/mol.